The molecule has 0 aliphatic heterocycles. The van der Waals surface area contributed by atoms with Gasteiger partial charge in [-0.1, -0.05) is 60.4 Å². The van der Waals surface area contributed by atoms with E-state index in [9.17, 15) is 4.79 Å². The van der Waals surface area contributed by atoms with Crippen LogP contribution in [0.4, 0.5) is 10.6 Å². The van der Waals surface area contributed by atoms with Gasteiger partial charge in [-0.25, -0.2) is 9.78 Å². The Morgan fingerprint density at radius 2 is 1.76 bits per heavy atom. The lowest BCUT2D eigenvalue weighted by Crippen LogP contribution is -2.26. The van der Waals surface area contributed by atoms with Crippen molar-refractivity contribution in [2.75, 3.05) is 18.9 Å². The van der Waals surface area contributed by atoms with Crippen LogP contribution in [0.1, 0.15) is 29.0 Å². The molecule has 0 bridgehead atoms. The van der Waals surface area contributed by atoms with Gasteiger partial charge in [0, 0.05) is 30.6 Å². The van der Waals surface area contributed by atoms with Crippen LogP contribution >= 0.6 is 0 Å². The predicted molar refractivity (Wildman–Crippen MR) is 113 cm³/mol. The number of nitrogens with two attached hydrogens (primary N) is 1. The lowest BCUT2D eigenvalue weighted by Gasteiger charge is -2.14. The molecule has 1 aromatic heterocycles. The van der Waals surface area contributed by atoms with Crippen molar-refractivity contribution in [3.8, 4) is 23.0 Å². The lowest BCUT2D eigenvalue weighted by molar-refractivity contribution is 0.143. The number of carbonyl (C=O) groups excluding carboxylic acids is 1. The van der Waals surface area contributed by atoms with Gasteiger partial charge in [0.05, 0.1) is 0 Å². The Kier molecular flexibility index (Phi) is 5.44. The average molecular weight is 383 g/mol. The smallest absolute Gasteiger partial charge is 0.407 e. The molecule has 1 heterocycles. The van der Waals surface area contributed by atoms with Crippen LogP contribution in [0.5, 0.6) is 0 Å². The summed E-state index contributed by atoms with van der Waals surface area (Å²) in [5.74, 6) is 6.50. The van der Waals surface area contributed by atoms with Gasteiger partial charge in [-0.05, 0) is 34.4 Å². The number of nitrogen functional groups attached to an aromatic ring is 1. The number of nitrogens with one attached hydrogen (secondary N) is 1. The molecule has 0 spiro atoms. The quantitative estimate of drug-likeness (QED) is 0.528. The first-order valence-corrected chi connectivity index (χ1v) is 9.51. The minimum Gasteiger partial charge on any atom is -0.449 e. The topological polar surface area (TPSA) is 77.2 Å². The lowest BCUT2D eigenvalue weighted by atomic mass is 9.98. The summed E-state index contributed by atoms with van der Waals surface area (Å²) in [7, 11) is 0. The third kappa shape index (κ3) is 4.22. The Bertz CT molecular complexity index is 1050. The maximum atomic E-state index is 12.1. The van der Waals surface area contributed by atoms with Crippen molar-refractivity contribution < 1.29 is 9.53 Å². The number of benzene rings is 2. The fourth-order valence-corrected chi connectivity index (χ4v) is 3.57. The highest BCUT2D eigenvalue weighted by atomic mass is 16.5. The molecule has 144 valence electrons. The van der Waals surface area contributed by atoms with Crippen LogP contribution in [0.3, 0.4) is 0 Å². The molecule has 5 nitrogen and oxygen atoms in total. The fourth-order valence-electron chi connectivity index (χ4n) is 3.57. The van der Waals surface area contributed by atoms with Crippen LogP contribution < -0.4 is 11.1 Å². The van der Waals surface area contributed by atoms with Crippen molar-refractivity contribution in [1.82, 2.24) is 10.3 Å². The number of alkyl carbamates (subject to hydrolysis) is 1. The normalized spacial score (nSPS) is 11.7. The van der Waals surface area contributed by atoms with Crippen molar-refractivity contribution in [3.05, 3.63) is 83.6 Å². The van der Waals surface area contributed by atoms with Crippen LogP contribution in [-0.2, 0) is 4.74 Å². The van der Waals surface area contributed by atoms with Crippen molar-refractivity contribution in [2.24, 2.45) is 0 Å². The minimum absolute atomic E-state index is 0.0603. The molecule has 4 rings (SSSR count). The summed E-state index contributed by atoms with van der Waals surface area (Å²) in [5, 5.41) is 2.75. The van der Waals surface area contributed by atoms with E-state index >= 15 is 0 Å². The second kappa shape index (κ2) is 8.49. The Hall–Kier alpha value is -3.78. The number of hydrogen-bond acceptors (Lipinski definition) is 4. The molecule has 3 N–H and O–H groups in total. The summed E-state index contributed by atoms with van der Waals surface area (Å²) in [6.45, 7) is 0.728. The van der Waals surface area contributed by atoms with Gasteiger partial charge in [0.2, 0.25) is 0 Å². The summed E-state index contributed by atoms with van der Waals surface area (Å²) in [6, 6.07) is 20.0. The van der Waals surface area contributed by atoms with Crippen LogP contribution in [0.2, 0.25) is 0 Å². The van der Waals surface area contributed by atoms with Gasteiger partial charge in [-0.15, -0.1) is 0 Å². The maximum absolute atomic E-state index is 12.1. The molecule has 1 amide bonds. The number of hydrogen-bond donors (Lipinski definition) is 2. The molecule has 3 aromatic rings. The first-order valence-electron chi connectivity index (χ1n) is 9.51. The number of rotatable bonds is 4. The van der Waals surface area contributed by atoms with E-state index in [1.807, 2.05) is 24.3 Å². The van der Waals surface area contributed by atoms with Gasteiger partial charge in [0.1, 0.15) is 12.4 Å². The number of pyridine rings is 1. The molecule has 1 aliphatic rings. The highest BCUT2D eigenvalue weighted by Crippen LogP contribution is 2.44. The van der Waals surface area contributed by atoms with E-state index in [4.69, 9.17) is 10.5 Å². The van der Waals surface area contributed by atoms with E-state index in [0.717, 1.165) is 5.56 Å². The van der Waals surface area contributed by atoms with Crippen molar-refractivity contribution in [2.45, 2.75) is 12.3 Å². The first kappa shape index (κ1) is 18.6. The van der Waals surface area contributed by atoms with Crippen LogP contribution in [0, 0.1) is 11.8 Å². The average Bonchev–Trinajstić information content (AvgIpc) is 3.06. The number of ether oxygens (including phenoxy) is 1. The minimum atomic E-state index is -0.429. The molecule has 0 radical (unpaired) electrons. The number of fused-ring (bicyclic) bond motifs is 3. The van der Waals surface area contributed by atoms with Gasteiger partial charge in [0.15, 0.2) is 0 Å². The molecular weight excluding hydrogens is 362 g/mol. The Morgan fingerprint density at radius 3 is 2.45 bits per heavy atom. The molecule has 2 aromatic carbocycles. The Labute approximate surface area is 169 Å². The van der Waals surface area contributed by atoms with E-state index in [1.54, 1.807) is 18.3 Å². The second-order valence-electron chi connectivity index (χ2n) is 6.77. The third-order valence-corrected chi connectivity index (χ3v) is 4.88. The largest absolute Gasteiger partial charge is 0.449 e. The van der Waals surface area contributed by atoms with E-state index in [2.05, 4.69) is 46.4 Å². The van der Waals surface area contributed by atoms with Gasteiger partial charge < -0.3 is 15.8 Å². The first-order chi connectivity index (χ1) is 14.2. The molecule has 0 atom stereocenters. The zero-order chi connectivity index (χ0) is 20.1. The Morgan fingerprint density at radius 1 is 1.07 bits per heavy atom. The fraction of sp³-hybridized carbons (Fsp3) is 0.167. The van der Waals surface area contributed by atoms with E-state index in [0.29, 0.717) is 25.4 Å². The standard InChI is InChI=1S/C24H21N3O2/c25-23-15-17(12-14-26-23)7-5-6-13-27-24(28)29-16-22-20-10-3-1-8-18(20)19-9-2-4-11-21(19)22/h1-4,8-12,14-15,22H,6,13,16H2,(H2,25,26)(H,27,28). The number of carbonyl (C=O) groups is 1. The molecule has 5 heteroatoms. The van der Waals surface area contributed by atoms with Gasteiger partial charge in [0.25, 0.3) is 0 Å². The summed E-state index contributed by atoms with van der Waals surface area (Å²) >= 11 is 0. The van der Waals surface area contributed by atoms with E-state index in [-0.39, 0.29) is 5.92 Å². The molecule has 0 saturated heterocycles. The summed E-state index contributed by atoms with van der Waals surface area (Å²) in [6.07, 6.45) is 1.71. The van der Waals surface area contributed by atoms with Crippen molar-refractivity contribution >= 4 is 11.9 Å². The van der Waals surface area contributed by atoms with E-state index < -0.39 is 6.09 Å². The highest BCUT2D eigenvalue weighted by Gasteiger charge is 2.28. The predicted octanol–water partition coefficient (Wildman–Crippen LogP) is 3.94. The molecular formula is C24H21N3O2. The summed E-state index contributed by atoms with van der Waals surface area (Å²) in [5.41, 5.74) is 11.2. The molecule has 0 unspecified atom stereocenters. The maximum Gasteiger partial charge on any atom is 0.407 e. The van der Waals surface area contributed by atoms with Crippen molar-refractivity contribution in [3.63, 3.8) is 0 Å². The van der Waals surface area contributed by atoms with Gasteiger partial charge >= 0.3 is 6.09 Å². The second-order valence-corrected chi connectivity index (χ2v) is 6.77. The third-order valence-electron chi connectivity index (χ3n) is 4.88. The van der Waals surface area contributed by atoms with Gasteiger partial charge in [-0.2, -0.15) is 0 Å². The van der Waals surface area contributed by atoms with Crippen LogP contribution in [-0.4, -0.2) is 24.2 Å². The number of anilines is 1. The summed E-state index contributed by atoms with van der Waals surface area (Å²) < 4.78 is 5.50. The Balaban J connectivity index is 1.29. The molecule has 29 heavy (non-hydrogen) atoms. The highest BCUT2D eigenvalue weighted by molar-refractivity contribution is 5.79. The zero-order valence-corrected chi connectivity index (χ0v) is 15.9. The molecule has 0 fully saturated rings. The van der Waals surface area contributed by atoms with E-state index in [1.165, 1.54) is 22.3 Å². The van der Waals surface area contributed by atoms with Gasteiger partial charge in [-0.3, -0.25) is 0 Å². The number of aromatic nitrogens is 1. The molecule has 0 saturated carbocycles. The van der Waals surface area contributed by atoms with Crippen LogP contribution in [0.25, 0.3) is 11.1 Å². The summed E-state index contributed by atoms with van der Waals surface area (Å²) in [4.78, 5) is 16.0. The molecule has 1 aliphatic carbocycles. The van der Waals surface area contributed by atoms with Crippen molar-refractivity contribution in [1.29, 1.82) is 0 Å². The number of nitrogens with zero attached hydrogens (tertiary/aromatic N) is 1. The zero-order valence-electron chi connectivity index (χ0n) is 15.9. The SMILES string of the molecule is Nc1cc(C#CCCNC(=O)OCC2c3ccccc3-c3ccccc32)ccn1. The number of amides is 1. The monoisotopic (exact) mass is 383 g/mol. The van der Waals surface area contributed by atoms with Crippen LogP contribution in [0.15, 0.2) is 66.9 Å².